The standard InChI is InChI=1S/C72H126NO8P/c1-6-8-10-12-14-16-18-20-22-24-26-28-29-30-31-32-33-34-35-36-37-38-39-40-41-42-43-45-47-49-51-53-55-57-59-61-63-65-72(75)81-70(69-80-82(76,77)79-67-66-73(3,4)5)68-78-71(74)64-62-60-58-56-54-52-50-48-46-44-27-25-23-21-19-17-15-13-11-9-7-2/h8,10,14,16,20,22,25-28,30-31,33-34,36-37,39-40,70H,6-7,9,11-13,15,17-19,21,23-24,29,32,35,38,41-69H2,1-5H3/b10-8-,16-14-,22-20-,27-25-,28-26-,31-30-,34-33-,37-36-,40-39-. The van der Waals surface area contributed by atoms with Crippen LogP contribution >= 0.6 is 7.82 Å². The summed E-state index contributed by atoms with van der Waals surface area (Å²) in [4.78, 5) is 38.0. The number of quaternary nitrogens is 1. The Morgan fingerprint density at radius 3 is 1.05 bits per heavy atom. The van der Waals surface area contributed by atoms with Gasteiger partial charge in [-0.25, -0.2) is 0 Å². The molecule has 0 bridgehead atoms. The fraction of sp³-hybridized carbons (Fsp3) is 0.722. The Hall–Kier alpha value is -3.33. The molecule has 82 heavy (non-hydrogen) atoms. The zero-order valence-electron chi connectivity index (χ0n) is 53.7. The van der Waals surface area contributed by atoms with Crippen molar-refractivity contribution in [2.45, 2.75) is 290 Å². The van der Waals surface area contributed by atoms with E-state index in [4.69, 9.17) is 18.5 Å². The molecule has 0 aliphatic rings. The molecule has 0 aromatic carbocycles. The van der Waals surface area contributed by atoms with Gasteiger partial charge in [-0.05, 0) is 103 Å². The summed E-state index contributed by atoms with van der Waals surface area (Å²) in [6.07, 6.45) is 87.2. The van der Waals surface area contributed by atoms with Gasteiger partial charge in [0, 0.05) is 12.8 Å². The van der Waals surface area contributed by atoms with E-state index in [-0.39, 0.29) is 32.0 Å². The largest absolute Gasteiger partial charge is 0.756 e. The van der Waals surface area contributed by atoms with Gasteiger partial charge in [0.05, 0.1) is 27.7 Å². The molecule has 0 N–H and O–H groups in total. The number of likely N-dealkylation sites (N-methyl/N-ethyl adjacent to an activating group) is 1. The monoisotopic (exact) mass is 1160 g/mol. The highest BCUT2D eigenvalue weighted by Crippen LogP contribution is 2.38. The van der Waals surface area contributed by atoms with Crippen LogP contribution in [0, 0.1) is 0 Å². The quantitative estimate of drug-likeness (QED) is 0.0195. The molecule has 0 radical (unpaired) electrons. The lowest BCUT2D eigenvalue weighted by Gasteiger charge is -2.28. The molecule has 10 heteroatoms. The predicted molar refractivity (Wildman–Crippen MR) is 351 cm³/mol. The molecule has 0 rings (SSSR count). The van der Waals surface area contributed by atoms with E-state index < -0.39 is 26.5 Å². The van der Waals surface area contributed by atoms with Crippen LogP contribution in [0.2, 0.25) is 0 Å². The zero-order valence-corrected chi connectivity index (χ0v) is 54.6. The number of ether oxygens (including phenoxy) is 2. The van der Waals surface area contributed by atoms with E-state index in [1.807, 2.05) is 21.1 Å². The van der Waals surface area contributed by atoms with Crippen molar-refractivity contribution in [3.05, 3.63) is 109 Å². The third kappa shape index (κ3) is 65.8. The average Bonchev–Trinajstić information content (AvgIpc) is 3.46. The third-order valence-electron chi connectivity index (χ3n) is 14.3. The van der Waals surface area contributed by atoms with Crippen LogP contribution in [0.15, 0.2) is 109 Å². The predicted octanol–water partition coefficient (Wildman–Crippen LogP) is 21.1. The van der Waals surface area contributed by atoms with Crippen molar-refractivity contribution in [3.8, 4) is 0 Å². The molecule has 0 saturated heterocycles. The zero-order chi connectivity index (χ0) is 59.8. The normalized spacial score (nSPS) is 13.9. The van der Waals surface area contributed by atoms with E-state index in [1.54, 1.807) is 0 Å². The fourth-order valence-corrected chi connectivity index (χ4v) is 9.87. The Kier molecular flexibility index (Phi) is 59.7. The van der Waals surface area contributed by atoms with Crippen molar-refractivity contribution < 1.29 is 42.1 Å². The number of esters is 2. The number of phosphoric acid groups is 1. The van der Waals surface area contributed by atoms with Crippen molar-refractivity contribution >= 4 is 19.8 Å². The average molecular weight is 1160 g/mol. The molecule has 0 aliphatic carbocycles. The van der Waals surface area contributed by atoms with E-state index in [2.05, 4.69) is 123 Å². The first kappa shape index (κ1) is 78.7. The fourth-order valence-electron chi connectivity index (χ4n) is 9.14. The van der Waals surface area contributed by atoms with E-state index in [9.17, 15) is 19.0 Å². The lowest BCUT2D eigenvalue weighted by molar-refractivity contribution is -0.870. The molecule has 0 amide bonds. The Balaban J connectivity index is 4.08. The lowest BCUT2D eigenvalue weighted by Crippen LogP contribution is -2.37. The molecule has 2 atom stereocenters. The Morgan fingerprint density at radius 2 is 0.695 bits per heavy atom. The van der Waals surface area contributed by atoms with Gasteiger partial charge in [-0.2, -0.15) is 0 Å². The van der Waals surface area contributed by atoms with Crippen LogP contribution in [0.4, 0.5) is 0 Å². The van der Waals surface area contributed by atoms with Crippen LogP contribution in [0.1, 0.15) is 284 Å². The maximum atomic E-state index is 12.8. The molecule has 0 aliphatic heterocycles. The molecule has 472 valence electrons. The summed E-state index contributed by atoms with van der Waals surface area (Å²) in [7, 11) is 1.16. The van der Waals surface area contributed by atoms with Gasteiger partial charge in [0.1, 0.15) is 19.8 Å². The minimum Gasteiger partial charge on any atom is -0.756 e. The summed E-state index contributed by atoms with van der Waals surface area (Å²) in [6.45, 7) is 4.14. The van der Waals surface area contributed by atoms with E-state index in [0.717, 1.165) is 89.9 Å². The third-order valence-corrected chi connectivity index (χ3v) is 15.2. The van der Waals surface area contributed by atoms with Crippen LogP contribution in [-0.2, 0) is 32.7 Å². The smallest absolute Gasteiger partial charge is 0.306 e. The van der Waals surface area contributed by atoms with Gasteiger partial charge in [-0.15, -0.1) is 0 Å². The summed E-state index contributed by atoms with van der Waals surface area (Å²) in [6, 6.07) is 0. The van der Waals surface area contributed by atoms with Gasteiger partial charge in [-0.1, -0.05) is 277 Å². The molecule has 0 fully saturated rings. The van der Waals surface area contributed by atoms with Crippen molar-refractivity contribution in [1.82, 2.24) is 0 Å². The van der Waals surface area contributed by atoms with Gasteiger partial charge >= 0.3 is 11.9 Å². The highest BCUT2D eigenvalue weighted by molar-refractivity contribution is 7.45. The summed E-state index contributed by atoms with van der Waals surface area (Å²) < 4.78 is 34.3. The van der Waals surface area contributed by atoms with Gasteiger partial charge in [0.25, 0.3) is 7.82 Å². The summed E-state index contributed by atoms with van der Waals surface area (Å²) >= 11 is 0. The number of phosphoric ester groups is 1. The van der Waals surface area contributed by atoms with Gasteiger partial charge in [-0.3, -0.25) is 14.2 Å². The minimum absolute atomic E-state index is 0.0349. The van der Waals surface area contributed by atoms with Crippen LogP contribution in [0.25, 0.3) is 0 Å². The molecule has 0 aromatic rings. The number of unbranched alkanes of at least 4 members (excludes halogenated alkanes) is 29. The van der Waals surface area contributed by atoms with Crippen LogP contribution < -0.4 is 4.89 Å². The molecule has 9 nitrogen and oxygen atoms in total. The van der Waals surface area contributed by atoms with Crippen molar-refractivity contribution in [2.24, 2.45) is 0 Å². The highest BCUT2D eigenvalue weighted by atomic mass is 31.2. The van der Waals surface area contributed by atoms with E-state index in [0.29, 0.717) is 17.4 Å². The first-order chi connectivity index (χ1) is 40.0. The Morgan fingerprint density at radius 1 is 0.390 bits per heavy atom. The minimum atomic E-state index is -4.65. The maximum absolute atomic E-state index is 12.8. The SMILES string of the molecule is CC/C=C\C/C=C\C/C=C\C/C=C\C/C=C\C/C=C\C/C=C\C/C=C\CCCCCCCCCCCCCCC(=O)OC(COC(=O)CCCCCCCCCCC/C=C\CCCCCCCCCC)COP(=O)([O-])OCC[N+](C)(C)C. The van der Waals surface area contributed by atoms with Crippen LogP contribution in [-0.4, -0.2) is 70.0 Å². The first-order valence-electron chi connectivity index (χ1n) is 33.6. The van der Waals surface area contributed by atoms with Gasteiger partial charge in [0.15, 0.2) is 6.10 Å². The first-order valence-corrected chi connectivity index (χ1v) is 35.1. The van der Waals surface area contributed by atoms with Crippen molar-refractivity contribution in [2.75, 3.05) is 47.5 Å². The number of nitrogens with zero attached hydrogens (tertiary/aromatic N) is 1. The molecular formula is C72H126NO8P. The van der Waals surface area contributed by atoms with Crippen LogP contribution in [0.3, 0.4) is 0 Å². The summed E-state index contributed by atoms with van der Waals surface area (Å²) in [5.74, 6) is -0.835. The Bertz CT molecular complexity index is 1750. The molecule has 0 spiro atoms. The van der Waals surface area contributed by atoms with E-state index >= 15 is 0 Å². The number of carbonyl (C=O) groups excluding carboxylic acids is 2. The van der Waals surface area contributed by atoms with Crippen molar-refractivity contribution in [1.29, 1.82) is 0 Å². The van der Waals surface area contributed by atoms with Crippen LogP contribution in [0.5, 0.6) is 0 Å². The number of carbonyl (C=O) groups is 2. The number of allylic oxidation sites excluding steroid dienone is 18. The maximum Gasteiger partial charge on any atom is 0.306 e. The molecule has 0 saturated carbocycles. The second-order valence-corrected chi connectivity index (χ2v) is 24.9. The molecular weight excluding hydrogens is 1040 g/mol. The second kappa shape index (κ2) is 62.2. The lowest BCUT2D eigenvalue weighted by atomic mass is 10.0. The van der Waals surface area contributed by atoms with Gasteiger partial charge < -0.3 is 27.9 Å². The highest BCUT2D eigenvalue weighted by Gasteiger charge is 2.22. The second-order valence-electron chi connectivity index (χ2n) is 23.5. The molecule has 2 unspecified atom stereocenters. The van der Waals surface area contributed by atoms with E-state index in [1.165, 1.54) is 161 Å². The number of rotatable bonds is 61. The Labute approximate surface area is 506 Å². The topological polar surface area (TPSA) is 111 Å². The number of hydrogen-bond donors (Lipinski definition) is 0. The number of hydrogen-bond acceptors (Lipinski definition) is 8. The molecule has 0 aromatic heterocycles. The summed E-state index contributed by atoms with van der Waals surface area (Å²) in [5, 5.41) is 0. The molecule has 0 heterocycles. The van der Waals surface area contributed by atoms with Gasteiger partial charge in [0.2, 0.25) is 0 Å². The van der Waals surface area contributed by atoms with Crippen molar-refractivity contribution in [3.63, 3.8) is 0 Å². The summed E-state index contributed by atoms with van der Waals surface area (Å²) in [5.41, 5.74) is 0.